The van der Waals surface area contributed by atoms with Gasteiger partial charge in [0.1, 0.15) is 11.5 Å². The molecule has 0 spiro atoms. The molecule has 0 aliphatic carbocycles. The highest BCUT2D eigenvalue weighted by Gasteiger charge is 2.34. The molecule has 31 heavy (non-hydrogen) atoms. The lowest BCUT2D eigenvalue weighted by molar-refractivity contribution is -0.122. The van der Waals surface area contributed by atoms with E-state index in [9.17, 15) is 13.2 Å². The molecule has 1 saturated heterocycles. The van der Waals surface area contributed by atoms with Crippen molar-refractivity contribution in [1.82, 2.24) is 9.62 Å². The third-order valence-electron chi connectivity index (χ3n) is 5.57. The van der Waals surface area contributed by atoms with E-state index in [1.165, 1.54) is 11.4 Å². The van der Waals surface area contributed by atoms with E-state index in [0.29, 0.717) is 31.7 Å². The Balaban J connectivity index is 1.61. The zero-order valence-electron chi connectivity index (χ0n) is 18.0. The summed E-state index contributed by atoms with van der Waals surface area (Å²) in [5.41, 5.74) is 1.02. The van der Waals surface area contributed by atoms with E-state index in [2.05, 4.69) is 5.32 Å². The van der Waals surface area contributed by atoms with E-state index in [1.54, 1.807) is 31.4 Å². The topological polar surface area (TPSA) is 84.9 Å². The van der Waals surface area contributed by atoms with Crippen LogP contribution in [0.4, 0.5) is 0 Å². The minimum Gasteiger partial charge on any atom is -0.497 e. The Hall–Kier alpha value is -2.58. The number of sulfonamides is 1. The first-order valence-electron chi connectivity index (χ1n) is 10.5. The summed E-state index contributed by atoms with van der Waals surface area (Å²) in [6, 6.07) is 13.7. The number of methoxy groups -OCH3 is 2. The van der Waals surface area contributed by atoms with Gasteiger partial charge in [-0.15, -0.1) is 0 Å². The van der Waals surface area contributed by atoms with Crippen molar-refractivity contribution in [3.8, 4) is 11.5 Å². The standard InChI is InChI=1S/C23H30N2O5S/c1-29-20-10-12-21(13-11-20)31(27,28)25-16-6-5-8-19(25)17-23(26)24-15-14-18-7-3-4-9-22(18)30-2/h3-4,7,9-13,19H,5-6,8,14-17H2,1-2H3,(H,24,26)/t19-/m0/s1. The van der Waals surface area contributed by atoms with Gasteiger partial charge in [0.05, 0.1) is 19.1 Å². The number of benzene rings is 2. The number of hydrogen-bond donors (Lipinski definition) is 1. The van der Waals surface area contributed by atoms with E-state index >= 15 is 0 Å². The van der Waals surface area contributed by atoms with Gasteiger partial charge in [0.2, 0.25) is 15.9 Å². The lowest BCUT2D eigenvalue weighted by atomic mass is 10.0. The molecule has 0 bridgehead atoms. The quantitative estimate of drug-likeness (QED) is 0.640. The first-order valence-corrected chi connectivity index (χ1v) is 11.9. The van der Waals surface area contributed by atoms with E-state index in [0.717, 1.165) is 24.2 Å². The third kappa shape index (κ3) is 5.77. The second-order valence-electron chi connectivity index (χ2n) is 7.56. The van der Waals surface area contributed by atoms with Gasteiger partial charge in [0.25, 0.3) is 0 Å². The average Bonchev–Trinajstić information content (AvgIpc) is 2.79. The largest absolute Gasteiger partial charge is 0.497 e. The van der Waals surface area contributed by atoms with Crippen LogP contribution in [0.1, 0.15) is 31.2 Å². The van der Waals surface area contributed by atoms with Gasteiger partial charge in [0.15, 0.2) is 0 Å². The molecule has 1 N–H and O–H groups in total. The van der Waals surface area contributed by atoms with Gasteiger partial charge < -0.3 is 14.8 Å². The lowest BCUT2D eigenvalue weighted by Gasteiger charge is -2.34. The Labute approximate surface area is 184 Å². The summed E-state index contributed by atoms with van der Waals surface area (Å²) in [6.07, 6.45) is 3.18. The Kier molecular flexibility index (Phi) is 7.92. The number of carbonyl (C=O) groups is 1. The molecule has 1 atom stereocenters. The smallest absolute Gasteiger partial charge is 0.243 e. The number of ether oxygens (including phenoxy) is 2. The lowest BCUT2D eigenvalue weighted by Crippen LogP contribution is -2.46. The SMILES string of the molecule is COc1ccc(S(=O)(=O)N2CCCC[C@H]2CC(=O)NCCc2ccccc2OC)cc1. The molecule has 0 unspecified atom stereocenters. The zero-order valence-corrected chi connectivity index (χ0v) is 18.9. The van der Waals surface area contributed by atoms with Crippen LogP contribution in [0.15, 0.2) is 53.4 Å². The van der Waals surface area contributed by atoms with Crippen molar-refractivity contribution < 1.29 is 22.7 Å². The van der Waals surface area contributed by atoms with Crippen LogP contribution in [-0.2, 0) is 21.2 Å². The fourth-order valence-electron chi connectivity index (χ4n) is 3.91. The van der Waals surface area contributed by atoms with E-state index in [-0.39, 0.29) is 23.3 Å². The molecule has 1 amide bonds. The van der Waals surface area contributed by atoms with Crippen molar-refractivity contribution in [3.05, 3.63) is 54.1 Å². The Bertz CT molecular complexity index is 976. The summed E-state index contributed by atoms with van der Waals surface area (Å²) in [5.74, 6) is 1.25. The van der Waals surface area contributed by atoms with Crippen LogP contribution in [0, 0.1) is 0 Å². The number of nitrogens with one attached hydrogen (secondary N) is 1. The van der Waals surface area contributed by atoms with Crippen LogP contribution in [0.25, 0.3) is 0 Å². The predicted molar refractivity (Wildman–Crippen MR) is 119 cm³/mol. The van der Waals surface area contributed by atoms with Crippen molar-refractivity contribution in [2.45, 2.75) is 43.0 Å². The van der Waals surface area contributed by atoms with Crippen LogP contribution >= 0.6 is 0 Å². The highest BCUT2D eigenvalue weighted by atomic mass is 32.2. The van der Waals surface area contributed by atoms with Gasteiger partial charge in [-0.25, -0.2) is 8.42 Å². The molecule has 8 heteroatoms. The number of para-hydroxylation sites is 1. The molecule has 2 aromatic carbocycles. The van der Waals surface area contributed by atoms with Crippen LogP contribution in [0.2, 0.25) is 0 Å². The molecule has 0 saturated carbocycles. The number of amides is 1. The molecule has 3 rings (SSSR count). The van der Waals surface area contributed by atoms with E-state index < -0.39 is 10.0 Å². The summed E-state index contributed by atoms with van der Waals surface area (Å²) in [6.45, 7) is 0.894. The molecule has 1 aliphatic heterocycles. The summed E-state index contributed by atoms with van der Waals surface area (Å²) >= 11 is 0. The second-order valence-corrected chi connectivity index (χ2v) is 9.45. The maximum atomic E-state index is 13.2. The van der Waals surface area contributed by atoms with E-state index in [1.807, 2.05) is 24.3 Å². The van der Waals surface area contributed by atoms with Gasteiger partial charge in [-0.05, 0) is 55.2 Å². The summed E-state index contributed by atoms with van der Waals surface area (Å²) in [7, 11) is -0.511. The molecule has 168 valence electrons. The highest BCUT2D eigenvalue weighted by Crippen LogP contribution is 2.28. The first kappa shape index (κ1) is 23.1. The number of piperidine rings is 1. The molecule has 7 nitrogen and oxygen atoms in total. The Morgan fingerprint density at radius 2 is 1.81 bits per heavy atom. The fourth-order valence-corrected chi connectivity index (χ4v) is 5.60. The number of nitrogens with zero attached hydrogens (tertiary/aromatic N) is 1. The Morgan fingerprint density at radius 3 is 2.52 bits per heavy atom. The molecular weight excluding hydrogens is 416 g/mol. The van der Waals surface area contributed by atoms with E-state index in [4.69, 9.17) is 9.47 Å². The van der Waals surface area contributed by atoms with Gasteiger partial charge in [-0.3, -0.25) is 4.79 Å². The second kappa shape index (κ2) is 10.6. The molecule has 1 fully saturated rings. The van der Waals surface area contributed by atoms with Crippen LogP contribution in [-0.4, -0.2) is 52.0 Å². The maximum absolute atomic E-state index is 13.2. The zero-order chi connectivity index (χ0) is 22.3. The minimum atomic E-state index is -3.67. The van der Waals surface area contributed by atoms with Gasteiger partial charge in [-0.1, -0.05) is 24.6 Å². The fraction of sp³-hybridized carbons (Fsp3) is 0.435. The predicted octanol–water partition coefficient (Wildman–Crippen LogP) is 3.00. The minimum absolute atomic E-state index is 0.142. The van der Waals surface area contributed by atoms with Crippen LogP contribution in [0.3, 0.4) is 0 Å². The molecule has 1 heterocycles. The van der Waals surface area contributed by atoms with Crippen molar-refractivity contribution >= 4 is 15.9 Å². The van der Waals surface area contributed by atoms with Crippen molar-refractivity contribution in [3.63, 3.8) is 0 Å². The summed E-state index contributed by atoms with van der Waals surface area (Å²) in [5, 5.41) is 2.92. The van der Waals surface area contributed by atoms with Crippen LogP contribution in [0.5, 0.6) is 11.5 Å². The monoisotopic (exact) mass is 446 g/mol. The van der Waals surface area contributed by atoms with Crippen LogP contribution < -0.4 is 14.8 Å². The van der Waals surface area contributed by atoms with Gasteiger partial charge in [0, 0.05) is 25.6 Å². The first-order chi connectivity index (χ1) is 15.0. The molecular formula is C23H30N2O5S. The van der Waals surface area contributed by atoms with Gasteiger partial charge >= 0.3 is 0 Å². The van der Waals surface area contributed by atoms with Crippen molar-refractivity contribution in [1.29, 1.82) is 0 Å². The average molecular weight is 447 g/mol. The maximum Gasteiger partial charge on any atom is 0.243 e. The third-order valence-corrected chi connectivity index (χ3v) is 7.54. The van der Waals surface area contributed by atoms with Crippen molar-refractivity contribution in [2.24, 2.45) is 0 Å². The molecule has 0 radical (unpaired) electrons. The van der Waals surface area contributed by atoms with Crippen molar-refractivity contribution in [2.75, 3.05) is 27.3 Å². The number of rotatable bonds is 9. The normalized spacial score (nSPS) is 17.2. The summed E-state index contributed by atoms with van der Waals surface area (Å²) < 4.78 is 38.3. The summed E-state index contributed by atoms with van der Waals surface area (Å²) in [4.78, 5) is 12.8. The number of carbonyl (C=O) groups excluding carboxylic acids is 1. The molecule has 2 aromatic rings. The highest BCUT2D eigenvalue weighted by molar-refractivity contribution is 7.89. The number of hydrogen-bond acceptors (Lipinski definition) is 5. The van der Waals surface area contributed by atoms with Gasteiger partial charge in [-0.2, -0.15) is 4.31 Å². The molecule has 0 aromatic heterocycles. The Morgan fingerprint density at radius 1 is 1.06 bits per heavy atom. The molecule has 1 aliphatic rings.